The molecule has 0 spiro atoms. The van der Waals surface area contributed by atoms with Gasteiger partial charge in [-0.2, -0.15) is 0 Å². The molecule has 82 valence electrons. The molecule has 0 aromatic heterocycles. The number of rotatable bonds is 1. The first-order valence-corrected chi connectivity index (χ1v) is 5.33. The molecule has 0 bridgehead atoms. The van der Waals surface area contributed by atoms with Crippen LogP contribution < -0.4 is 0 Å². The Hall–Kier alpha value is 0.150. The Morgan fingerprint density at radius 1 is 1.43 bits per heavy atom. The lowest BCUT2D eigenvalue weighted by atomic mass is 10.1. The van der Waals surface area contributed by atoms with Crippen molar-refractivity contribution in [1.82, 2.24) is 0 Å². The standard InChI is InChI=1S/C8H16NO4S/c1-6-5-9(14-11-6,7(2,3)4)8(10)12-13-8/h6,10H,5H2,1-4H3/q+1. The maximum atomic E-state index is 9.96. The molecule has 6 heteroatoms. The van der Waals surface area contributed by atoms with Crippen molar-refractivity contribution in [2.45, 2.75) is 45.4 Å². The predicted octanol–water partition coefficient (Wildman–Crippen LogP) is 1.15. The quantitative estimate of drug-likeness (QED) is 0.237. The van der Waals surface area contributed by atoms with E-state index in [9.17, 15) is 5.11 Å². The van der Waals surface area contributed by atoms with Crippen LogP contribution in [0.1, 0.15) is 27.7 Å². The number of hydrogen-bond donors (Lipinski definition) is 1. The lowest BCUT2D eigenvalue weighted by molar-refractivity contribution is -0.924. The Morgan fingerprint density at radius 3 is 2.29 bits per heavy atom. The minimum absolute atomic E-state index is 0.0797. The number of hydrogen-bond acceptors (Lipinski definition) is 5. The van der Waals surface area contributed by atoms with Crippen LogP contribution in [0, 0.1) is 0 Å². The van der Waals surface area contributed by atoms with Gasteiger partial charge >= 0.3 is 6.10 Å². The number of nitrogens with zero attached hydrogens (tertiary/aromatic N) is 1. The zero-order valence-corrected chi connectivity index (χ0v) is 9.63. The van der Waals surface area contributed by atoms with Crippen molar-refractivity contribution in [2.24, 2.45) is 0 Å². The Bertz CT molecular complexity index is 243. The topological polar surface area (TPSA) is 54.5 Å². The highest BCUT2D eigenvalue weighted by molar-refractivity contribution is 7.89. The monoisotopic (exact) mass is 222 g/mol. The van der Waals surface area contributed by atoms with Crippen molar-refractivity contribution >= 4 is 12.2 Å². The second kappa shape index (κ2) is 2.84. The summed E-state index contributed by atoms with van der Waals surface area (Å²) in [6, 6.07) is 0. The maximum Gasteiger partial charge on any atom is 0.514 e. The summed E-state index contributed by atoms with van der Waals surface area (Å²) in [5.41, 5.74) is -0.222. The Balaban J connectivity index is 2.31. The van der Waals surface area contributed by atoms with E-state index in [2.05, 4.69) is 9.78 Å². The molecule has 2 rings (SSSR count). The molecule has 2 atom stereocenters. The van der Waals surface area contributed by atoms with Gasteiger partial charge in [-0.1, -0.05) is 0 Å². The molecular weight excluding hydrogens is 206 g/mol. The molecular formula is C8H16NO4S+. The molecule has 2 unspecified atom stereocenters. The fourth-order valence-electron chi connectivity index (χ4n) is 1.70. The van der Waals surface area contributed by atoms with Gasteiger partial charge in [0.25, 0.3) is 12.2 Å². The average molecular weight is 222 g/mol. The molecule has 1 N–H and O–H groups in total. The molecule has 0 aromatic rings. The minimum atomic E-state index is -1.53. The largest absolute Gasteiger partial charge is 0.514 e. The third kappa shape index (κ3) is 1.30. The summed E-state index contributed by atoms with van der Waals surface area (Å²) in [5.74, 6) is 0. The fourth-order valence-corrected chi connectivity index (χ4v) is 2.70. The van der Waals surface area contributed by atoms with Crippen molar-refractivity contribution in [3.05, 3.63) is 0 Å². The summed E-state index contributed by atoms with van der Waals surface area (Å²) in [5, 5.41) is 9.96. The molecule has 0 aliphatic carbocycles. The highest BCUT2D eigenvalue weighted by atomic mass is 32.2. The molecule has 0 aromatic carbocycles. The van der Waals surface area contributed by atoms with Crippen molar-refractivity contribution in [3.8, 4) is 0 Å². The van der Waals surface area contributed by atoms with Gasteiger partial charge in [0.15, 0.2) is 0 Å². The summed E-state index contributed by atoms with van der Waals surface area (Å²) in [7, 11) is 0. The van der Waals surface area contributed by atoms with Crippen LogP contribution in [0.2, 0.25) is 0 Å². The number of quaternary nitrogens is 1. The van der Waals surface area contributed by atoms with Crippen LogP contribution in [0.4, 0.5) is 0 Å². The van der Waals surface area contributed by atoms with Crippen LogP contribution in [0.3, 0.4) is 0 Å². The SMILES string of the molecule is CC1C[N+](C(C)(C)C)(C2(O)OO2)SO1. The molecule has 2 fully saturated rings. The zero-order chi connectivity index (χ0) is 10.6. The van der Waals surface area contributed by atoms with E-state index < -0.39 is 6.10 Å². The molecule has 0 amide bonds. The lowest BCUT2D eigenvalue weighted by Gasteiger charge is -2.39. The van der Waals surface area contributed by atoms with E-state index in [1.54, 1.807) is 0 Å². The second-order valence-electron chi connectivity index (χ2n) is 4.79. The van der Waals surface area contributed by atoms with Crippen LogP contribution in [0.15, 0.2) is 0 Å². The molecule has 2 aliphatic heterocycles. The van der Waals surface area contributed by atoms with E-state index in [1.165, 1.54) is 12.2 Å². The zero-order valence-electron chi connectivity index (χ0n) is 8.81. The fraction of sp³-hybridized carbons (Fsp3) is 1.00. The van der Waals surface area contributed by atoms with Crippen molar-refractivity contribution < 1.29 is 23.0 Å². The van der Waals surface area contributed by atoms with Crippen molar-refractivity contribution in [2.75, 3.05) is 6.54 Å². The molecule has 2 heterocycles. The normalized spacial score (nSPS) is 41.4. The second-order valence-corrected chi connectivity index (χ2v) is 5.75. The minimum Gasteiger partial charge on any atom is -0.288 e. The van der Waals surface area contributed by atoms with Crippen molar-refractivity contribution in [3.63, 3.8) is 0 Å². The van der Waals surface area contributed by atoms with Gasteiger partial charge in [0.2, 0.25) is 0 Å². The number of aliphatic hydroxyl groups is 1. The van der Waals surface area contributed by atoms with E-state index in [0.717, 1.165) is 0 Å². The van der Waals surface area contributed by atoms with Gasteiger partial charge in [-0.3, -0.25) is 9.29 Å². The maximum absolute atomic E-state index is 9.96. The third-order valence-corrected chi connectivity index (χ3v) is 4.22. The molecule has 2 saturated heterocycles. The van der Waals surface area contributed by atoms with Gasteiger partial charge in [0.05, 0.1) is 0 Å². The summed E-state index contributed by atoms with van der Waals surface area (Å²) < 4.78 is 5.63. The van der Waals surface area contributed by atoms with Crippen LogP contribution in [-0.2, 0) is 14.0 Å². The van der Waals surface area contributed by atoms with Gasteiger partial charge in [-0.05, 0) is 27.7 Å². The first kappa shape index (κ1) is 10.7. The molecule has 14 heavy (non-hydrogen) atoms. The molecule has 5 nitrogen and oxygen atoms in total. The summed E-state index contributed by atoms with van der Waals surface area (Å²) in [4.78, 5) is 9.37. The smallest absolute Gasteiger partial charge is 0.288 e. The highest BCUT2D eigenvalue weighted by Gasteiger charge is 2.75. The van der Waals surface area contributed by atoms with E-state index in [1.807, 2.05) is 27.7 Å². The first-order chi connectivity index (χ1) is 6.31. The van der Waals surface area contributed by atoms with E-state index >= 15 is 0 Å². The molecule has 0 saturated carbocycles. The van der Waals surface area contributed by atoms with E-state index in [4.69, 9.17) is 4.18 Å². The summed E-state index contributed by atoms with van der Waals surface area (Å²) >= 11 is 1.21. The highest BCUT2D eigenvalue weighted by Crippen LogP contribution is 2.54. The van der Waals surface area contributed by atoms with Crippen LogP contribution in [0.5, 0.6) is 0 Å². The van der Waals surface area contributed by atoms with E-state index in [-0.39, 0.29) is 15.5 Å². The Kier molecular flexibility index (Phi) is 2.16. The molecule has 2 aliphatic rings. The van der Waals surface area contributed by atoms with Crippen molar-refractivity contribution in [1.29, 1.82) is 0 Å². The van der Waals surface area contributed by atoms with Gasteiger partial charge in [0, 0.05) is 0 Å². The molecule has 0 radical (unpaired) electrons. The summed E-state index contributed by atoms with van der Waals surface area (Å²) in [6.45, 7) is 8.67. The van der Waals surface area contributed by atoms with Gasteiger partial charge in [-0.15, -0.1) is 13.7 Å². The lowest BCUT2D eigenvalue weighted by Crippen LogP contribution is -2.62. The third-order valence-electron chi connectivity index (χ3n) is 2.62. The Morgan fingerprint density at radius 2 is 2.00 bits per heavy atom. The van der Waals surface area contributed by atoms with Gasteiger partial charge in [-0.25, -0.2) is 0 Å². The van der Waals surface area contributed by atoms with Gasteiger partial charge in [0.1, 0.15) is 18.2 Å². The Labute approximate surface area is 87.8 Å². The van der Waals surface area contributed by atoms with Crippen LogP contribution in [-0.4, -0.2) is 33.3 Å². The summed E-state index contributed by atoms with van der Waals surface area (Å²) in [6.07, 6.45) is -1.45. The van der Waals surface area contributed by atoms with E-state index in [0.29, 0.717) is 6.54 Å². The first-order valence-electron chi connectivity index (χ1n) is 4.63. The van der Waals surface area contributed by atoms with Crippen LogP contribution in [0.25, 0.3) is 0 Å². The predicted molar refractivity (Wildman–Crippen MR) is 50.1 cm³/mol. The van der Waals surface area contributed by atoms with Gasteiger partial charge < -0.3 is 0 Å². The van der Waals surface area contributed by atoms with Crippen LogP contribution >= 0.6 is 12.2 Å². The average Bonchev–Trinajstić information content (AvgIpc) is 2.61.